The van der Waals surface area contributed by atoms with Crippen molar-refractivity contribution in [3.63, 3.8) is 0 Å². The van der Waals surface area contributed by atoms with Gasteiger partial charge >= 0.3 is 0 Å². The van der Waals surface area contributed by atoms with Crippen LogP contribution >= 0.6 is 0 Å². The van der Waals surface area contributed by atoms with Gasteiger partial charge < -0.3 is 9.47 Å². The molecule has 0 amide bonds. The van der Waals surface area contributed by atoms with E-state index in [9.17, 15) is 4.79 Å². The molecule has 0 saturated carbocycles. The third-order valence-corrected chi connectivity index (χ3v) is 5.32. The van der Waals surface area contributed by atoms with Gasteiger partial charge in [-0.25, -0.2) is 0 Å². The summed E-state index contributed by atoms with van der Waals surface area (Å²) < 4.78 is 3.61. The average Bonchev–Trinajstić information content (AvgIpc) is 3.03. The molecule has 8 heteroatoms. The number of likely N-dealkylation sites (N-methyl/N-ethyl adjacent to an activating group) is 1. The SMILES string of the molecule is CN(CCn1ccccc1=O)C1CN(c2ccc3nnc(C(C)(C)C)n3n2)C1. The van der Waals surface area contributed by atoms with E-state index in [0.717, 1.165) is 36.9 Å². The van der Waals surface area contributed by atoms with Crippen LogP contribution in [0.15, 0.2) is 41.3 Å². The summed E-state index contributed by atoms with van der Waals surface area (Å²) in [5, 5.41) is 13.3. The summed E-state index contributed by atoms with van der Waals surface area (Å²) in [6.07, 6.45) is 1.84. The Labute approximate surface area is 164 Å². The van der Waals surface area contributed by atoms with Crippen molar-refractivity contribution in [3.8, 4) is 0 Å². The average molecular weight is 381 g/mol. The first-order valence-electron chi connectivity index (χ1n) is 9.66. The van der Waals surface area contributed by atoms with Gasteiger partial charge in [0.25, 0.3) is 5.56 Å². The predicted molar refractivity (Wildman–Crippen MR) is 109 cm³/mol. The van der Waals surface area contributed by atoms with E-state index in [-0.39, 0.29) is 11.0 Å². The molecule has 148 valence electrons. The van der Waals surface area contributed by atoms with Crippen LogP contribution in [0.5, 0.6) is 0 Å². The Morgan fingerprint density at radius 1 is 1.14 bits per heavy atom. The van der Waals surface area contributed by atoms with E-state index >= 15 is 0 Å². The molecule has 0 aliphatic carbocycles. The normalized spacial score (nSPS) is 15.4. The molecule has 0 N–H and O–H groups in total. The molecule has 1 aliphatic heterocycles. The lowest BCUT2D eigenvalue weighted by molar-refractivity contribution is 0.197. The van der Waals surface area contributed by atoms with E-state index in [4.69, 9.17) is 5.10 Å². The molecule has 1 fully saturated rings. The van der Waals surface area contributed by atoms with Crippen LogP contribution in [0.1, 0.15) is 26.6 Å². The van der Waals surface area contributed by atoms with Crippen molar-refractivity contribution in [2.24, 2.45) is 0 Å². The predicted octanol–water partition coefficient (Wildman–Crippen LogP) is 1.40. The van der Waals surface area contributed by atoms with E-state index in [1.807, 2.05) is 28.9 Å². The van der Waals surface area contributed by atoms with Crippen LogP contribution in [0.2, 0.25) is 0 Å². The van der Waals surface area contributed by atoms with Gasteiger partial charge in [-0.1, -0.05) is 26.8 Å². The molecular weight excluding hydrogens is 354 g/mol. The Hall–Kier alpha value is -2.74. The van der Waals surface area contributed by atoms with Crippen molar-refractivity contribution in [2.45, 2.75) is 38.8 Å². The number of pyridine rings is 1. The van der Waals surface area contributed by atoms with Gasteiger partial charge in [-0.2, -0.15) is 4.52 Å². The van der Waals surface area contributed by atoms with Gasteiger partial charge in [0.05, 0.1) is 0 Å². The minimum Gasteiger partial charge on any atom is -0.352 e. The summed E-state index contributed by atoms with van der Waals surface area (Å²) >= 11 is 0. The molecule has 0 radical (unpaired) electrons. The molecule has 8 nitrogen and oxygen atoms in total. The molecule has 28 heavy (non-hydrogen) atoms. The molecule has 3 aromatic rings. The van der Waals surface area contributed by atoms with Crippen LogP contribution in [-0.2, 0) is 12.0 Å². The summed E-state index contributed by atoms with van der Waals surface area (Å²) in [5.74, 6) is 1.81. The van der Waals surface area contributed by atoms with Crippen molar-refractivity contribution in [2.75, 3.05) is 31.6 Å². The van der Waals surface area contributed by atoms with Crippen LogP contribution in [0, 0.1) is 0 Å². The standard InChI is InChI=1S/C20H27N7O/c1-20(2,3)19-22-21-16-8-9-17(23-27(16)19)26-13-15(14-26)24(4)11-12-25-10-6-5-7-18(25)28/h5-10,15H,11-14H2,1-4H3. The van der Waals surface area contributed by atoms with Crippen molar-refractivity contribution in [3.05, 3.63) is 52.7 Å². The third kappa shape index (κ3) is 3.52. The smallest absolute Gasteiger partial charge is 0.250 e. The second-order valence-electron chi connectivity index (χ2n) is 8.51. The minimum absolute atomic E-state index is 0.0484. The van der Waals surface area contributed by atoms with Gasteiger partial charge in [-0.15, -0.1) is 15.3 Å². The van der Waals surface area contributed by atoms with E-state index in [0.29, 0.717) is 12.6 Å². The van der Waals surface area contributed by atoms with Crippen LogP contribution in [0.3, 0.4) is 0 Å². The molecular formula is C20H27N7O. The largest absolute Gasteiger partial charge is 0.352 e. The van der Waals surface area contributed by atoms with Gasteiger partial charge in [-0.05, 0) is 25.2 Å². The maximum atomic E-state index is 11.8. The van der Waals surface area contributed by atoms with Crippen molar-refractivity contribution in [1.82, 2.24) is 29.3 Å². The monoisotopic (exact) mass is 381 g/mol. The third-order valence-electron chi connectivity index (χ3n) is 5.32. The number of hydrogen-bond donors (Lipinski definition) is 0. The van der Waals surface area contributed by atoms with Gasteiger partial charge in [0.2, 0.25) is 0 Å². The van der Waals surface area contributed by atoms with E-state index < -0.39 is 0 Å². The van der Waals surface area contributed by atoms with Gasteiger partial charge in [0, 0.05) is 49.9 Å². The van der Waals surface area contributed by atoms with Crippen LogP contribution < -0.4 is 10.5 Å². The van der Waals surface area contributed by atoms with Crippen LogP contribution in [0.4, 0.5) is 5.82 Å². The Balaban J connectivity index is 1.39. The molecule has 1 aliphatic rings. The maximum Gasteiger partial charge on any atom is 0.250 e. The Kier molecular flexibility index (Phi) is 4.66. The molecule has 0 bridgehead atoms. The van der Waals surface area contributed by atoms with E-state index in [1.165, 1.54) is 0 Å². The zero-order valence-electron chi connectivity index (χ0n) is 16.9. The summed E-state index contributed by atoms with van der Waals surface area (Å²) in [6, 6.07) is 9.71. The molecule has 0 atom stereocenters. The summed E-state index contributed by atoms with van der Waals surface area (Å²) in [7, 11) is 2.12. The zero-order valence-corrected chi connectivity index (χ0v) is 16.9. The molecule has 4 rings (SSSR count). The highest BCUT2D eigenvalue weighted by Crippen LogP contribution is 2.24. The quantitative estimate of drug-likeness (QED) is 0.665. The van der Waals surface area contributed by atoms with Gasteiger partial charge in [0.15, 0.2) is 11.5 Å². The summed E-state index contributed by atoms with van der Waals surface area (Å²) in [6.45, 7) is 9.73. The van der Waals surface area contributed by atoms with Crippen molar-refractivity contribution in [1.29, 1.82) is 0 Å². The summed E-state index contributed by atoms with van der Waals surface area (Å²) in [5.41, 5.74) is 0.710. The number of hydrogen-bond acceptors (Lipinski definition) is 6. The number of anilines is 1. The highest BCUT2D eigenvalue weighted by Gasteiger charge is 2.31. The van der Waals surface area contributed by atoms with E-state index in [2.05, 4.69) is 47.8 Å². The minimum atomic E-state index is -0.113. The number of aromatic nitrogens is 5. The van der Waals surface area contributed by atoms with Crippen LogP contribution in [-0.4, -0.2) is 62.0 Å². The first-order chi connectivity index (χ1) is 13.3. The van der Waals surface area contributed by atoms with E-state index in [1.54, 1.807) is 16.7 Å². The lowest BCUT2D eigenvalue weighted by Crippen LogP contribution is -2.59. The number of fused-ring (bicyclic) bond motifs is 1. The van der Waals surface area contributed by atoms with Gasteiger partial charge in [-0.3, -0.25) is 9.69 Å². The molecule has 4 heterocycles. The highest BCUT2D eigenvalue weighted by atomic mass is 16.1. The fraction of sp³-hybridized carbons (Fsp3) is 0.500. The lowest BCUT2D eigenvalue weighted by atomic mass is 9.96. The molecule has 0 spiro atoms. The Morgan fingerprint density at radius 2 is 1.93 bits per heavy atom. The first kappa shape index (κ1) is 18.6. The Morgan fingerprint density at radius 3 is 2.64 bits per heavy atom. The molecule has 0 unspecified atom stereocenters. The molecule has 0 aromatic carbocycles. The zero-order chi connectivity index (χ0) is 19.9. The number of rotatable bonds is 5. The fourth-order valence-electron chi connectivity index (χ4n) is 3.43. The van der Waals surface area contributed by atoms with Gasteiger partial charge in [0.1, 0.15) is 5.82 Å². The van der Waals surface area contributed by atoms with Crippen LogP contribution in [0.25, 0.3) is 5.65 Å². The number of nitrogens with zero attached hydrogens (tertiary/aromatic N) is 7. The maximum absolute atomic E-state index is 11.8. The first-order valence-corrected chi connectivity index (χ1v) is 9.66. The second kappa shape index (κ2) is 7.01. The molecule has 3 aromatic heterocycles. The topological polar surface area (TPSA) is 71.6 Å². The second-order valence-corrected chi connectivity index (χ2v) is 8.51. The van der Waals surface area contributed by atoms with Crippen molar-refractivity contribution >= 4 is 11.5 Å². The Bertz CT molecular complexity index is 1030. The highest BCUT2D eigenvalue weighted by molar-refractivity contribution is 5.48. The molecule has 1 saturated heterocycles. The van der Waals surface area contributed by atoms with Crippen molar-refractivity contribution < 1.29 is 0 Å². The lowest BCUT2D eigenvalue weighted by Gasteiger charge is -2.44. The fourth-order valence-corrected chi connectivity index (χ4v) is 3.43. The summed E-state index contributed by atoms with van der Waals surface area (Å²) in [4.78, 5) is 16.4.